The maximum Gasteiger partial charge on any atom is 0.249 e. The molecule has 0 spiro atoms. The highest BCUT2D eigenvalue weighted by molar-refractivity contribution is 5.92. The fourth-order valence-corrected chi connectivity index (χ4v) is 11.4. The van der Waals surface area contributed by atoms with Gasteiger partial charge in [-0.25, -0.2) is 29.9 Å². The molecule has 0 radical (unpaired) electrons. The molecule has 0 bridgehead atoms. The summed E-state index contributed by atoms with van der Waals surface area (Å²) in [6, 6.07) is 28.1. The zero-order valence-corrected chi connectivity index (χ0v) is 61.0. The third-order valence-electron chi connectivity index (χ3n) is 17.4. The van der Waals surface area contributed by atoms with E-state index in [4.69, 9.17) is 5.73 Å². The number of carbonyl (C=O) groups excluding carboxylic acids is 9. The Morgan fingerprint density at radius 1 is 0.327 bits per heavy atom. The molecule has 0 saturated heterocycles. The molecular formula is C75H99N21O11. The van der Waals surface area contributed by atoms with Crippen molar-refractivity contribution in [3.8, 4) is 0 Å². The molecule has 13 N–H and O–H groups in total. The number of aryl methyl sites for hydroxylation is 2. The Morgan fingerprint density at radius 3 is 1.01 bits per heavy atom. The number of hydrogen-bond acceptors (Lipinski definition) is 21. The van der Waals surface area contributed by atoms with E-state index in [1.165, 1.54) is 12.1 Å². The minimum atomic E-state index is -0.280. The molecule has 570 valence electrons. The fraction of sp³-hybridized carbons (Fsp3) is 0.453. The molecule has 8 heterocycles. The molecule has 107 heavy (non-hydrogen) atoms. The number of rotatable bonds is 47. The number of anilines is 2. The number of fused-ring (bicyclic) bond motifs is 4. The molecule has 0 saturated carbocycles. The molecule has 32 nitrogen and oxygen atoms in total. The van der Waals surface area contributed by atoms with Crippen LogP contribution in [0.25, 0.3) is 44.1 Å². The standard InChI is InChI=1S/C75H99N21O11/c1-51-12-14-53-18-24-59(90-72(53)84-51)88-70(106)32-47-95(45-30-66(102)82-49-57-22-16-55-20-26-68(104)92-74(55)86-57)41-7-38-80-62(98)10-4-35-77-64(100)28-43-94(40-6-37-79-61(97)9-3-34-76)44-29-65(101)78-36-5-11-63(99)81-39-8-42-96(48-33-71(107)89-60-25-19-54-15-13-52(2)85-73(54)91-60)46-31-67(103)83-50-58-23-17-56-21-27-69(105)93-75(56)87-58/h12-27H,3-11,28-50,76H2,1-2H3,(H,77,100)(H,78,101)(H,79,97)(H,80,98)(H,81,99)(H,82,102)(H,83,103)(H,86,92,104)(H,87,93,105)(H,84,88,90,106)(H,85,89,91,107). The summed E-state index contributed by atoms with van der Waals surface area (Å²) in [6.45, 7) is 9.41. The SMILES string of the molecule is Cc1ccc2ccc(NC(=O)CCN(CCCNC(=O)CCCNC(=O)CCN(CCCNC(=O)CCCN)CCC(=O)NCCCC(=O)NCCCN(CCC(=O)NCc3ccc4ccc(=O)[nH]c4n3)CCC(=O)Nc3ccc4ccc(C)nc4n3)CCC(=O)NCc3ccc4ccc(=O)[nH]c4n3)nc2n1. The number of nitrogens with zero attached hydrogens (tertiary/aromatic N) is 9. The Labute approximate surface area is 619 Å². The first kappa shape index (κ1) is 81.6. The second-order valence-electron chi connectivity index (χ2n) is 26.1. The highest BCUT2D eigenvalue weighted by Gasteiger charge is 2.18. The van der Waals surface area contributed by atoms with Gasteiger partial charge in [-0.2, -0.15) is 0 Å². The number of hydrogen-bond donors (Lipinski definition) is 12. The van der Waals surface area contributed by atoms with Gasteiger partial charge < -0.3 is 78.3 Å². The average Bonchev–Trinajstić information content (AvgIpc) is 0.855. The van der Waals surface area contributed by atoms with E-state index in [0.717, 1.165) is 32.9 Å². The smallest absolute Gasteiger partial charge is 0.249 e. The maximum atomic E-state index is 13.2. The Balaban J connectivity index is 0.712. The number of aromatic amines is 2. The van der Waals surface area contributed by atoms with Crippen molar-refractivity contribution in [1.82, 2.24) is 91.8 Å². The van der Waals surface area contributed by atoms with Crippen LogP contribution in [-0.4, -0.2) is 206 Å². The number of pyridine rings is 8. The summed E-state index contributed by atoms with van der Waals surface area (Å²) < 4.78 is 0. The summed E-state index contributed by atoms with van der Waals surface area (Å²) in [4.78, 5) is 179. The number of H-pyrrole nitrogens is 2. The van der Waals surface area contributed by atoms with Crippen LogP contribution in [0.5, 0.6) is 0 Å². The quantitative estimate of drug-likeness (QED) is 0.0244. The Bertz CT molecular complexity index is 4190. The van der Waals surface area contributed by atoms with E-state index in [1.807, 2.05) is 77.1 Å². The third-order valence-corrected chi connectivity index (χ3v) is 17.4. The minimum absolute atomic E-state index is 0.105. The van der Waals surface area contributed by atoms with E-state index in [0.29, 0.717) is 176 Å². The lowest BCUT2D eigenvalue weighted by Crippen LogP contribution is -2.37. The van der Waals surface area contributed by atoms with Crippen molar-refractivity contribution in [3.63, 3.8) is 0 Å². The topological polar surface area (TPSA) is 441 Å². The van der Waals surface area contributed by atoms with Gasteiger partial charge in [-0.15, -0.1) is 0 Å². The molecule has 0 aliphatic carbocycles. The van der Waals surface area contributed by atoms with Gasteiger partial charge in [0, 0.05) is 175 Å². The average molecular weight is 1470 g/mol. The molecule has 0 unspecified atom stereocenters. The highest BCUT2D eigenvalue weighted by atomic mass is 16.2. The van der Waals surface area contributed by atoms with Crippen molar-refractivity contribution in [2.75, 3.05) is 109 Å². The number of nitrogens with one attached hydrogen (secondary N) is 11. The van der Waals surface area contributed by atoms with Gasteiger partial charge in [0.2, 0.25) is 64.3 Å². The predicted octanol–water partition coefficient (Wildman–Crippen LogP) is 3.17. The van der Waals surface area contributed by atoms with Crippen LogP contribution in [0.1, 0.15) is 119 Å². The van der Waals surface area contributed by atoms with E-state index < -0.39 is 0 Å². The normalized spacial score (nSPS) is 11.3. The third kappa shape index (κ3) is 30.5. The predicted molar refractivity (Wildman–Crippen MR) is 407 cm³/mol. The molecule has 0 aliphatic heterocycles. The molecular weight excluding hydrogens is 1370 g/mol. The van der Waals surface area contributed by atoms with Gasteiger partial charge in [0.25, 0.3) is 0 Å². The fourth-order valence-electron chi connectivity index (χ4n) is 11.4. The lowest BCUT2D eigenvalue weighted by Gasteiger charge is -2.22. The van der Waals surface area contributed by atoms with Gasteiger partial charge in [-0.3, -0.25) is 52.7 Å². The van der Waals surface area contributed by atoms with Gasteiger partial charge in [0.05, 0.1) is 24.5 Å². The van der Waals surface area contributed by atoms with Crippen molar-refractivity contribution in [1.29, 1.82) is 0 Å². The second kappa shape index (κ2) is 44.0. The van der Waals surface area contributed by atoms with E-state index in [2.05, 4.69) is 87.7 Å². The number of carbonyl (C=O) groups is 9. The second-order valence-corrected chi connectivity index (χ2v) is 26.1. The molecule has 0 fully saturated rings. The summed E-state index contributed by atoms with van der Waals surface area (Å²) in [5, 5.41) is 29.2. The van der Waals surface area contributed by atoms with Gasteiger partial charge >= 0.3 is 0 Å². The summed E-state index contributed by atoms with van der Waals surface area (Å²) in [7, 11) is 0. The first-order valence-electron chi connectivity index (χ1n) is 36.6. The van der Waals surface area contributed by atoms with Crippen molar-refractivity contribution in [2.45, 2.75) is 123 Å². The van der Waals surface area contributed by atoms with E-state index in [-0.39, 0.29) is 142 Å². The lowest BCUT2D eigenvalue weighted by atomic mass is 10.2. The maximum absolute atomic E-state index is 13.2. The Kier molecular flexibility index (Phi) is 33.6. The van der Waals surface area contributed by atoms with Gasteiger partial charge in [-0.1, -0.05) is 0 Å². The van der Waals surface area contributed by atoms with Gasteiger partial charge in [0.15, 0.2) is 11.3 Å². The lowest BCUT2D eigenvalue weighted by molar-refractivity contribution is -0.123. The monoisotopic (exact) mass is 1470 g/mol. The zero-order chi connectivity index (χ0) is 76.1. The van der Waals surface area contributed by atoms with Crippen LogP contribution in [0.2, 0.25) is 0 Å². The summed E-state index contributed by atoms with van der Waals surface area (Å²) >= 11 is 0. The molecule has 9 amide bonds. The van der Waals surface area contributed by atoms with E-state index in [1.54, 1.807) is 36.4 Å². The number of aromatic nitrogens is 8. The van der Waals surface area contributed by atoms with E-state index >= 15 is 0 Å². The zero-order valence-electron chi connectivity index (χ0n) is 61.0. The Hall–Kier alpha value is -11.1. The van der Waals surface area contributed by atoms with Crippen LogP contribution < -0.4 is 64.7 Å². The van der Waals surface area contributed by atoms with Gasteiger partial charge in [0.1, 0.15) is 22.9 Å². The largest absolute Gasteiger partial charge is 0.356 e. The van der Waals surface area contributed by atoms with Crippen molar-refractivity contribution in [2.24, 2.45) is 5.73 Å². The van der Waals surface area contributed by atoms with Gasteiger partial charge in [-0.05, 0) is 163 Å². The van der Waals surface area contributed by atoms with E-state index in [9.17, 15) is 52.7 Å². The van der Waals surface area contributed by atoms with Crippen LogP contribution in [0.15, 0.2) is 107 Å². The molecule has 8 aromatic rings. The van der Waals surface area contributed by atoms with Crippen LogP contribution in [0.3, 0.4) is 0 Å². The van der Waals surface area contributed by atoms with Crippen molar-refractivity contribution >= 4 is 109 Å². The van der Waals surface area contributed by atoms with Crippen LogP contribution >= 0.6 is 0 Å². The van der Waals surface area contributed by atoms with Crippen LogP contribution in [-0.2, 0) is 56.2 Å². The summed E-state index contributed by atoms with van der Waals surface area (Å²) in [5.41, 5.74) is 9.63. The number of amides is 9. The molecule has 8 rings (SSSR count). The summed E-state index contributed by atoms with van der Waals surface area (Å²) in [6.07, 6.45) is 4.30. The number of nitrogens with two attached hydrogens (primary N) is 1. The molecule has 0 atom stereocenters. The van der Waals surface area contributed by atoms with Crippen molar-refractivity contribution in [3.05, 3.63) is 141 Å². The molecule has 0 aliphatic rings. The highest BCUT2D eigenvalue weighted by Crippen LogP contribution is 2.17. The molecule has 0 aromatic carbocycles. The molecule has 32 heteroatoms. The van der Waals surface area contributed by atoms with Crippen molar-refractivity contribution < 1.29 is 43.2 Å². The first-order valence-corrected chi connectivity index (χ1v) is 36.6. The summed E-state index contributed by atoms with van der Waals surface area (Å²) in [5.74, 6) is -1.21. The minimum Gasteiger partial charge on any atom is -0.356 e. The van der Waals surface area contributed by atoms with Crippen LogP contribution in [0.4, 0.5) is 11.6 Å². The van der Waals surface area contributed by atoms with Crippen LogP contribution in [0, 0.1) is 13.8 Å². The molecule has 8 aromatic heterocycles. The Morgan fingerprint density at radius 2 is 0.636 bits per heavy atom. The first-order chi connectivity index (χ1) is 51.8.